The molecule has 4 aliphatic rings. The van der Waals surface area contributed by atoms with Crippen molar-refractivity contribution in [3.05, 3.63) is 66.2 Å². The topological polar surface area (TPSA) is 87.7 Å². The Morgan fingerprint density at radius 2 is 1.55 bits per heavy atom. The molecule has 1 saturated carbocycles. The van der Waals surface area contributed by atoms with Gasteiger partial charge >= 0.3 is 6.03 Å². The molecule has 1 saturated heterocycles. The fraction of sp³-hybridized carbons (Fsp3) is 0.346. The van der Waals surface area contributed by atoms with E-state index in [0.29, 0.717) is 24.5 Å². The van der Waals surface area contributed by atoms with E-state index in [4.69, 9.17) is 4.74 Å². The highest BCUT2D eigenvalue weighted by atomic mass is 16.5. The molecule has 4 unspecified atom stereocenters. The van der Waals surface area contributed by atoms with Crippen molar-refractivity contribution in [2.75, 3.05) is 16.8 Å². The van der Waals surface area contributed by atoms with Crippen LogP contribution in [0.25, 0.3) is 0 Å². The summed E-state index contributed by atoms with van der Waals surface area (Å²) in [5.41, 5.74) is 2.14. The van der Waals surface area contributed by atoms with E-state index in [0.717, 1.165) is 24.2 Å². The molecule has 7 heteroatoms. The second-order valence-corrected chi connectivity index (χ2v) is 8.78. The van der Waals surface area contributed by atoms with Gasteiger partial charge in [-0.05, 0) is 73.6 Å². The van der Waals surface area contributed by atoms with E-state index in [9.17, 15) is 14.4 Å². The van der Waals surface area contributed by atoms with Gasteiger partial charge in [0.2, 0.25) is 11.8 Å². The average molecular weight is 446 g/mol. The smallest absolute Gasteiger partial charge is 0.319 e. The van der Waals surface area contributed by atoms with Gasteiger partial charge in [0.05, 0.1) is 24.1 Å². The molecular weight excluding hydrogens is 418 g/mol. The predicted molar refractivity (Wildman–Crippen MR) is 125 cm³/mol. The van der Waals surface area contributed by atoms with E-state index >= 15 is 0 Å². The number of anilines is 2. The van der Waals surface area contributed by atoms with Crippen LogP contribution in [0, 0.1) is 23.7 Å². The van der Waals surface area contributed by atoms with Crippen LogP contribution in [0.2, 0.25) is 0 Å². The number of ether oxygens (including phenoxy) is 1. The van der Waals surface area contributed by atoms with Crippen LogP contribution in [0.5, 0.6) is 5.75 Å². The SMILES string of the molecule is CCOc1ccc(NC(=O)NCc2ccc(N3C(=O)C4C5C=CC(CC5)C4C3=O)cc2)cc1. The van der Waals surface area contributed by atoms with Crippen molar-refractivity contribution < 1.29 is 19.1 Å². The molecule has 170 valence electrons. The van der Waals surface area contributed by atoms with Gasteiger partial charge in [-0.2, -0.15) is 0 Å². The fourth-order valence-corrected chi connectivity index (χ4v) is 5.25. The highest BCUT2D eigenvalue weighted by Gasteiger charge is 2.56. The first-order valence-corrected chi connectivity index (χ1v) is 11.5. The number of benzene rings is 2. The van der Waals surface area contributed by atoms with Crippen LogP contribution < -0.4 is 20.3 Å². The number of hydrogen-bond donors (Lipinski definition) is 2. The first-order chi connectivity index (χ1) is 16.0. The molecule has 6 rings (SSSR count). The van der Waals surface area contributed by atoms with Crippen molar-refractivity contribution in [2.45, 2.75) is 26.3 Å². The van der Waals surface area contributed by atoms with Gasteiger partial charge in [-0.15, -0.1) is 0 Å². The highest BCUT2D eigenvalue weighted by Crippen LogP contribution is 2.50. The lowest BCUT2D eigenvalue weighted by molar-refractivity contribution is -0.124. The van der Waals surface area contributed by atoms with Crippen LogP contribution in [-0.4, -0.2) is 24.5 Å². The lowest BCUT2D eigenvalue weighted by Gasteiger charge is -2.38. The number of carbonyl (C=O) groups is 3. The molecule has 4 amide bonds. The molecule has 1 heterocycles. The first kappa shape index (κ1) is 21.2. The molecule has 7 nitrogen and oxygen atoms in total. The Morgan fingerprint density at radius 3 is 2.09 bits per heavy atom. The summed E-state index contributed by atoms with van der Waals surface area (Å²) in [5.74, 6) is 0.524. The Balaban J connectivity index is 1.18. The standard InChI is InChI=1S/C26H27N3O4/c1-2-33-21-13-9-19(10-14-21)28-26(32)27-15-16-3-11-20(12-4-16)29-24(30)22-17-5-6-18(8-7-17)23(22)25(29)31/h3-6,9-14,17-18,22-23H,2,7-8,15H2,1H3,(H2,27,28,32). The summed E-state index contributed by atoms with van der Waals surface area (Å²) in [6, 6.07) is 14.1. The number of nitrogens with zero attached hydrogens (tertiary/aromatic N) is 1. The van der Waals surface area contributed by atoms with Crippen molar-refractivity contribution in [1.29, 1.82) is 0 Å². The zero-order valence-corrected chi connectivity index (χ0v) is 18.5. The molecule has 33 heavy (non-hydrogen) atoms. The van der Waals surface area contributed by atoms with Gasteiger partial charge in [0.25, 0.3) is 0 Å². The van der Waals surface area contributed by atoms with Gasteiger partial charge in [0, 0.05) is 12.2 Å². The molecule has 2 bridgehead atoms. The van der Waals surface area contributed by atoms with Crippen molar-refractivity contribution in [2.24, 2.45) is 23.7 Å². The number of carbonyl (C=O) groups excluding carboxylic acids is 3. The molecule has 0 radical (unpaired) electrons. The lowest BCUT2D eigenvalue weighted by Crippen LogP contribution is -2.38. The molecule has 0 spiro atoms. The Bertz CT molecular complexity index is 1060. The minimum Gasteiger partial charge on any atom is -0.494 e. The Morgan fingerprint density at radius 1 is 0.939 bits per heavy atom. The third-order valence-corrected chi connectivity index (χ3v) is 6.83. The summed E-state index contributed by atoms with van der Waals surface area (Å²) in [6.45, 7) is 2.83. The molecule has 2 N–H and O–H groups in total. The van der Waals surface area contributed by atoms with Gasteiger partial charge in [0.1, 0.15) is 5.75 Å². The lowest BCUT2D eigenvalue weighted by atomic mass is 9.63. The minimum atomic E-state index is -0.319. The van der Waals surface area contributed by atoms with Gasteiger partial charge in [-0.1, -0.05) is 24.3 Å². The molecule has 2 fully saturated rings. The van der Waals surface area contributed by atoms with E-state index in [2.05, 4.69) is 22.8 Å². The summed E-state index contributed by atoms with van der Waals surface area (Å²) >= 11 is 0. The summed E-state index contributed by atoms with van der Waals surface area (Å²) in [6.07, 6.45) is 6.21. The monoisotopic (exact) mass is 445 g/mol. The number of imide groups is 1. The predicted octanol–water partition coefficient (Wildman–Crippen LogP) is 4.11. The number of nitrogens with one attached hydrogen (secondary N) is 2. The van der Waals surface area contributed by atoms with E-state index in [1.807, 2.05) is 19.1 Å². The number of urea groups is 1. The Kier molecular flexibility index (Phi) is 5.62. The average Bonchev–Trinajstić information content (AvgIpc) is 3.12. The van der Waals surface area contributed by atoms with E-state index in [-0.39, 0.29) is 41.5 Å². The third-order valence-electron chi connectivity index (χ3n) is 6.83. The molecule has 0 aromatic heterocycles. The molecule has 1 aliphatic heterocycles. The fourth-order valence-electron chi connectivity index (χ4n) is 5.25. The number of allylic oxidation sites excluding steroid dienone is 2. The maximum absolute atomic E-state index is 13.1. The summed E-state index contributed by atoms with van der Waals surface area (Å²) in [5, 5.41) is 5.60. The Hall–Kier alpha value is -3.61. The maximum atomic E-state index is 13.1. The number of hydrogen-bond acceptors (Lipinski definition) is 4. The van der Waals surface area contributed by atoms with Gasteiger partial charge in [0.15, 0.2) is 0 Å². The quantitative estimate of drug-likeness (QED) is 0.517. The van der Waals surface area contributed by atoms with Crippen LogP contribution >= 0.6 is 0 Å². The van der Waals surface area contributed by atoms with Crippen molar-refractivity contribution >= 4 is 29.2 Å². The van der Waals surface area contributed by atoms with Crippen molar-refractivity contribution in [1.82, 2.24) is 5.32 Å². The van der Waals surface area contributed by atoms with Crippen LogP contribution in [0.3, 0.4) is 0 Å². The van der Waals surface area contributed by atoms with Crippen LogP contribution in [0.4, 0.5) is 16.2 Å². The zero-order valence-electron chi connectivity index (χ0n) is 18.5. The molecule has 3 aliphatic carbocycles. The van der Waals surface area contributed by atoms with Crippen LogP contribution in [0.1, 0.15) is 25.3 Å². The van der Waals surface area contributed by atoms with Crippen molar-refractivity contribution in [3.63, 3.8) is 0 Å². The highest BCUT2D eigenvalue weighted by molar-refractivity contribution is 6.22. The van der Waals surface area contributed by atoms with Crippen molar-refractivity contribution in [3.8, 4) is 5.75 Å². The maximum Gasteiger partial charge on any atom is 0.319 e. The number of amides is 4. The van der Waals surface area contributed by atoms with E-state index in [1.165, 1.54) is 4.90 Å². The molecular formula is C26H27N3O4. The largest absolute Gasteiger partial charge is 0.494 e. The number of rotatable bonds is 6. The zero-order chi connectivity index (χ0) is 22.9. The van der Waals surface area contributed by atoms with Crippen LogP contribution in [0.15, 0.2) is 60.7 Å². The molecule has 2 aromatic rings. The second kappa shape index (κ2) is 8.73. The van der Waals surface area contributed by atoms with E-state index < -0.39 is 0 Å². The molecule has 4 atom stereocenters. The first-order valence-electron chi connectivity index (χ1n) is 11.5. The van der Waals surface area contributed by atoms with E-state index in [1.54, 1.807) is 36.4 Å². The van der Waals surface area contributed by atoms with Gasteiger partial charge < -0.3 is 15.4 Å². The minimum absolute atomic E-state index is 0.0790. The van der Waals surface area contributed by atoms with Crippen LogP contribution in [-0.2, 0) is 16.1 Å². The third kappa shape index (κ3) is 3.99. The second-order valence-electron chi connectivity index (χ2n) is 8.78. The molecule has 2 aromatic carbocycles. The normalized spacial score (nSPS) is 25.2. The Labute approximate surface area is 192 Å². The number of fused-ring (bicyclic) bond motifs is 1. The van der Waals surface area contributed by atoms with Gasteiger partial charge in [-0.3, -0.25) is 14.5 Å². The summed E-state index contributed by atoms with van der Waals surface area (Å²) in [4.78, 5) is 39.7. The summed E-state index contributed by atoms with van der Waals surface area (Å²) in [7, 11) is 0. The van der Waals surface area contributed by atoms with Gasteiger partial charge in [-0.25, -0.2) is 4.79 Å². The summed E-state index contributed by atoms with van der Waals surface area (Å²) < 4.78 is 5.39.